The van der Waals surface area contributed by atoms with E-state index in [2.05, 4.69) is 20.5 Å². The lowest BCUT2D eigenvalue weighted by atomic mass is 10.1. The van der Waals surface area contributed by atoms with Crippen molar-refractivity contribution in [3.8, 4) is 0 Å². The summed E-state index contributed by atoms with van der Waals surface area (Å²) in [4.78, 5) is -0.702. The number of azo groups is 2. The van der Waals surface area contributed by atoms with Gasteiger partial charge in [-0.3, -0.25) is 4.55 Å². The van der Waals surface area contributed by atoms with Crippen LogP contribution in [0, 0.1) is 6.92 Å². The molecule has 0 fully saturated rings. The Kier molecular flexibility index (Phi) is 6.96. The summed E-state index contributed by atoms with van der Waals surface area (Å²) in [6.45, 7) is 1.94. The van der Waals surface area contributed by atoms with Crippen LogP contribution in [0.15, 0.2) is 97.0 Å². The molecule has 8 N–H and O–H groups in total. The van der Waals surface area contributed by atoms with Crippen LogP contribution in [0.1, 0.15) is 5.56 Å². The molecule has 0 aliphatic heterocycles. The van der Waals surface area contributed by atoms with E-state index in [1.165, 1.54) is 18.2 Å². The van der Waals surface area contributed by atoms with Crippen LogP contribution in [-0.2, 0) is 10.1 Å². The predicted octanol–water partition coefficient (Wildman–Crippen LogP) is 6.97. The average Bonchev–Trinajstić information content (AvgIpc) is 2.82. The molecule has 0 bridgehead atoms. The summed E-state index contributed by atoms with van der Waals surface area (Å²) in [6.07, 6.45) is 0. The van der Waals surface area contributed by atoms with Gasteiger partial charge in [-0.1, -0.05) is 23.8 Å². The lowest BCUT2D eigenvalue weighted by Crippen LogP contribution is -2.04. The molecule has 0 unspecified atom stereocenters. The Morgan fingerprint density at radius 3 is 1.86 bits per heavy atom. The normalized spacial score (nSPS) is 13.1. The largest absolute Gasteiger partial charge is 0.398 e. The molecular formula is C23H22N6O6S2. The molecule has 0 heterocycles. The number of hydrogen-bond acceptors (Lipinski definition) is 11. The van der Waals surface area contributed by atoms with E-state index in [1.54, 1.807) is 24.3 Å². The molecule has 0 radical (unpaired) electrons. The number of fused-ring (bicyclic) bond motifs is 1. The molecule has 4 aromatic carbocycles. The zero-order valence-electron chi connectivity index (χ0n) is 19.2. The minimum absolute atomic E-state index is 0.0259. The van der Waals surface area contributed by atoms with Crippen LogP contribution in [0.25, 0.3) is 10.8 Å². The molecule has 0 aromatic heterocycles. The molecule has 0 amide bonds. The summed E-state index contributed by atoms with van der Waals surface area (Å²) < 4.78 is 61.8. The lowest BCUT2D eigenvalue weighted by molar-refractivity contribution is 0.376. The zero-order chi connectivity index (χ0) is 27.0. The molecule has 0 aliphatic carbocycles. The van der Waals surface area contributed by atoms with Crippen molar-refractivity contribution in [1.82, 2.24) is 0 Å². The highest BCUT2D eigenvalue weighted by Crippen LogP contribution is 2.47. The Labute approximate surface area is 213 Å². The van der Waals surface area contributed by atoms with Crippen molar-refractivity contribution >= 4 is 65.9 Å². The van der Waals surface area contributed by atoms with Crippen LogP contribution in [0.5, 0.6) is 0 Å². The topological polar surface area (TPSA) is 217 Å². The van der Waals surface area contributed by atoms with E-state index >= 15 is 0 Å². The third-order valence-corrected chi connectivity index (χ3v) is 7.06. The van der Waals surface area contributed by atoms with Gasteiger partial charge < -0.3 is 25.1 Å². The van der Waals surface area contributed by atoms with Crippen LogP contribution in [0.2, 0.25) is 0 Å². The Hall–Kier alpha value is -3.92. The second kappa shape index (κ2) is 9.85. The number of hydrogen-bond donors (Lipinski definition) is 6. The molecule has 0 atom stereocenters. The first-order valence-electron chi connectivity index (χ1n) is 10.5. The smallest absolute Gasteiger partial charge is 0.296 e. The third-order valence-electron chi connectivity index (χ3n) is 5.27. The van der Waals surface area contributed by atoms with E-state index < -0.39 is 25.9 Å². The number of nitrogens with zero attached hydrogens (tertiary/aromatic N) is 4. The fourth-order valence-corrected chi connectivity index (χ4v) is 4.53. The second-order valence-corrected chi connectivity index (χ2v) is 10.9. The van der Waals surface area contributed by atoms with Crippen LogP contribution < -0.4 is 11.5 Å². The summed E-state index contributed by atoms with van der Waals surface area (Å²) in [5, 5.41) is 17.5. The summed E-state index contributed by atoms with van der Waals surface area (Å²) in [5.74, 6) is 0. The first kappa shape index (κ1) is 26.2. The van der Waals surface area contributed by atoms with Gasteiger partial charge in [-0.2, -0.15) is 13.5 Å². The van der Waals surface area contributed by atoms with Gasteiger partial charge in [0, 0.05) is 10.8 Å². The number of aryl methyl sites for hydroxylation is 1. The summed E-state index contributed by atoms with van der Waals surface area (Å²) >= 11 is 0. The van der Waals surface area contributed by atoms with Gasteiger partial charge in [0.05, 0.1) is 33.3 Å². The van der Waals surface area contributed by atoms with Crippen molar-refractivity contribution in [3.05, 3.63) is 72.3 Å². The van der Waals surface area contributed by atoms with E-state index in [0.29, 0.717) is 22.1 Å². The zero-order valence-corrected chi connectivity index (χ0v) is 20.8. The highest BCUT2D eigenvalue weighted by atomic mass is 32.3. The molecule has 192 valence electrons. The number of anilines is 2. The Morgan fingerprint density at radius 1 is 0.649 bits per heavy atom. The van der Waals surface area contributed by atoms with Crippen molar-refractivity contribution in [2.24, 2.45) is 20.5 Å². The Morgan fingerprint density at radius 2 is 1.24 bits per heavy atom. The molecule has 0 spiro atoms. The van der Waals surface area contributed by atoms with Gasteiger partial charge in [0.1, 0.15) is 21.5 Å². The van der Waals surface area contributed by atoms with Crippen LogP contribution in [0.4, 0.5) is 34.1 Å². The lowest BCUT2D eigenvalue weighted by Gasteiger charge is -2.19. The van der Waals surface area contributed by atoms with E-state index in [1.807, 2.05) is 19.1 Å². The summed E-state index contributed by atoms with van der Waals surface area (Å²) in [7, 11) is -8.63. The van der Waals surface area contributed by atoms with Crippen LogP contribution >= 0.6 is 10.9 Å². The average molecular weight is 543 g/mol. The molecule has 14 heteroatoms. The maximum absolute atomic E-state index is 11.6. The SMILES string of the molecule is Cc1ccc(N=Nc2ccc(N=Nc3cc(S(=O)(=O)O)c(N)cc3N)c3ccc(S(O)(O)O)cc23)cc1. The first-order chi connectivity index (χ1) is 17.3. The number of rotatable bonds is 6. The number of nitrogen functional groups attached to an aromatic ring is 2. The van der Waals surface area contributed by atoms with Gasteiger partial charge in [-0.05, 0) is 55.5 Å². The standard InChI is InChI=1S/C23H22N6O6S2/c1-13-2-4-14(5-3-13)26-27-21-9-8-20(16-7-6-15(10-17(16)21)36(30,31)32)28-29-22-12-23(37(33,34)35)19(25)11-18(22)24/h2-12,30-32H,24-25H2,1H3,(H,33,34,35). The predicted molar refractivity (Wildman–Crippen MR) is 142 cm³/mol. The molecular weight excluding hydrogens is 520 g/mol. The molecule has 4 aromatic rings. The van der Waals surface area contributed by atoms with Crippen molar-refractivity contribution in [3.63, 3.8) is 0 Å². The van der Waals surface area contributed by atoms with Crippen molar-refractivity contribution < 1.29 is 26.6 Å². The van der Waals surface area contributed by atoms with Gasteiger partial charge in [0.15, 0.2) is 0 Å². The van der Waals surface area contributed by atoms with Crippen molar-refractivity contribution in [2.75, 3.05) is 11.5 Å². The molecule has 37 heavy (non-hydrogen) atoms. The van der Waals surface area contributed by atoms with E-state index in [9.17, 15) is 26.6 Å². The maximum atomic E-state index is 11.6. The fourth-order valence-electron chi connectivity index (χ4n) is 3.39. The number of benzene rings is 4. The quantitative estimate of drug-likeness (QED) is 0.0846. The Balaban J connectivity index is 1.82. The van der Waals surface area contributed by atoms with E-state index in [-0.39, 0.29) is 27.6 Å². The Bertz CT molecular complexity index is 1670. The highest BCUT2D eigenvalue weighted by molar-refractivity contribution is 8.19. The molecule has 0 saturated heterocycles. The molecule has 4 rings (SSSR count). The summed E-state index contributed by atoms with van der Waals surface area (Å²) in [5.41, 5.74) is 13.5. The summed E-state index contributed by atoms with van der Waals surface area (Å²) in [6, 6.07) is 16.8. The highest BCUT2D eigenvalue weighted by Gasteiger charge is 2.19. The van der Waals surface area contributed by atoms with Crippen LogP contribution in [0.3, 0.4) is 0 Å². The molecule has 0 saturated carbocycles. The van der Waals surface area contributed by atoms with Gasteiger partial charge in [0.25, 0.3) is 10.1 Å². The monoisotopic (exact) mass is 542 g/mol. The van der Waals surface area contributed by atoms with Gasteiger partial charge in [-0.15, -0.1) is 15.3 Å². The second-order valence-electron chi connectivity index (χ2n) is 7.99. The molecule has 0 aliphatic rings. The minimum Gasteiger partial charge on any atom is -0.398 e. The fraction of sp³-hybridized carbons (Fsp3) is 0.0435. The van der Waals surface area contributed by atoms with Gasteiger partial charge in [0.2, 0.25) is 0 Å². The van der Waals surface area contributed by atoms with Crippen molar-refractivity contribution in [2.45, 2.75) is 16.7 Å². The van der Waals surface area contributed by atoms with E-state index in [0.717, 1.165) is 17.7 Å². The van der Waals surface area contributed by atoms with E-state index in [4.69, 9.17) is 11.5 Å². The first-order valence-corrected chi connectivity index (χ1v) is 13.4. The van der Waals surface area contributed by atoms with Crippen LogP contribution in [-0.4, -0.2) is 26.6 Å². The van der Waals surface area contributed by atoms with Crippen molar-refractivity contribution in [1.29, 1.82) is 0 Å². The molecule has 12 nitrogen and oxygen atoms in total. The number of nitrogens with two attached hydrogens (primary N) is 2. The van der Waals surface area contributed by atoms with Gasteiger partial charge >= 0.3 is 0 Å². The minimum atomic E-state index is -4.62. The maximum Gasteiger partial charge on any atom is 0.296 e. The van der Waals surface area contributed by atoms with Gasteiger partial charge in [-0.25, -0.2) is 0 Å². The third kappa shape index (κ3) is 5.91.